The fourth-order valence-electron chi connectivity index (χ4n) is 1.94. The number of nitrogens with two attached hydrogens (primary N) is 1. The van der Waals surface area contributed by atoms with Crippen LogP contribution in [-0.4, -0.2) is 42.5 Å². The van der Waals surface area contributed by atoms with Crippen LogP contribution in [0.1, 0.15) is 16.7 Å². The molecule has 0 amide bonds. The molecule has 117 valence electrons. The van der Waals surface area contributed by atoms with E-state index in [1.165, 1.54) is 18.2 Å². The minimum Gasteiger partial charge on any atom is -0.399 e. The van der Waals surface area contributed by atoms with Crippen molar-refractivity contribution in [2.24, 2.45) is 10.2 Å². The molecule has 0 heterocycles. The van der Waals surface area contributed by atoms with Crippen molar-refractivity contribution in [1.29, 1.82) is 0 Å². The summed E-state index contributed by atoms with van der Waals surface area (Å²) in [6.45, 7) is 5.47. The molecule has 3 N–H and O–H groups in total. The van der Waals surface area contributed by atoms with Crippen LogP contribution in [0.15, 0.2) is 45.5 Å². The van der Waals surface area contributed by atoms with Gasteiger partial charge in [0.15, 0.2) is 0 Å². The molecule has 0 aliphatic carbocycles. The number of aryl methyl sites for hydroxylation is 3. The third-order valence-corrected chi connectivity index (χ3v) is 4.17. The molecule has 1 radical (unpaired) electrons. The molecule has 2 aromatic rings. The van der Waals surface area contributed by atoms with Crippen LogP contribution in [0.5, 0.6) is 0 Å². The van der Waals surface area contributed by atoms with Crippen molar-refractivity contribution in [2.45, 2.75) is 25.7 Å². The molecule has 0 aliphatic heterocycles. The first-order valence-electron chi connectivity index (χ1n) is 6.55. The summed E-state index contributed by atoms with van der Waals surface area (Å²) in [7, 11) is -4.21. The zero-order chi connectivity index (χ0) is 16.5. The van der Waals surface area contributed by atoms with Gasteiger partial charge in [0.2, 0.25) is 0 Å². The molecular formula is C15H17N3NaO3S. The minimum absolute atomic E-state index is 0. The molecule has 23 heavy (non-hydrogen) atoms. The fourth-order valence-corrected chi connectivity index (χ4v) is 2.51. The second-order valence-electron chi connectivity index (χ2n) is 5.12. The molecule has 0 saturated carbocycles. The van der Waals surface area contributed by atoms with E-state index < -0.39 is 10.1 Å². The van der Waals surface area contributed by atoms with Crippen LogP contribution in [0.2, 0.25) is 0 Å². The summed E-state index contributed by atoms with van der Waals surface area (Å²) in [5.74, 6) is 0. The number of rotatable bonds is 3. The van der Waals surface area contributed by atoms with Crippen LogP contribution in [0.3, 0.4) is 0 Å². The molecule has 0 aliphatic rings. The Bertz CT molecular complexity index is 865. The number of nitrogens with zero attached hydrogens (tertiary/aromatic N) is 2. The average Bonchev–Trinajstić information content (AvgIpc) is 2.41. The van der Waals surface area contributed by atoms with Gasteiger partial charge in [0.05, 0.1) is 16.3 Å². The van der Waals surface area contributed by atoms with Crippen molar-refractivity contribution in [2.75, 3.05) is 5.73 Å². The van der Waals surface area contributed by atoms with Gasteiger partial charge in [-0.25, -0.2) is 0 Å². The third kappa shape index (κ3) is 4.86. The van der Waals surface area contributed by atoms with E-state index in [0.29, 0.717) is 22.6 Å². The average molecular weight is 342 g/mol. The normalized spacial score (nSPS) is 11.5. The maximum Gasteiger partial charge on any atom is 0.294 e. The predicted octanol–water partition coefficient (Wildman–Crippen LogP) is 3.48. The van der Waals surface area contributed by atoms with Gasteiger partial charge in [0, 0.05) is 35.2 Å². The maximum absolute atomic E-state index is 11.1. The van der Waals surface area contributed by atoms with E-state index in [9.17, 15) is 8.42 Å². The monoisotopic (exact) mass is 342 g/mol. The summed E-state index contributed by atoms with van der Waals surface area (Å²) in [5.41, 5.74) is 10.2. The van der Waals surface area contributed by atoms with Gasteiger partial charge in [0.1, 0.15) is 0 Å². The summed E-state index contributed by atoms with van der Waals surface area (Å²) in [5, 5.41) is 8.33. The second-order valence-corrected chi connectivity index (χ2v) is 6.54. The molecule has 0 aromatic heterocycles. The number of nitrogen functional groups attached to an aromatic ring is 1. The summed E-state index contributed by atoms with van der Waals surface area (Å²) in [6, 6.07) is 7.82. The summed E-state index contributed by atoms with van der Waals surface area (Å²) in [6.07, 6.45) is 0. The second kappa shape index (κ2) is 7.55. The Morgan fingerprint density at radius 1 is 0.913 bits per heavy atom. The maximum atomic E-state index is 11.1. The SMILES string of the molecule is Cc1cc(N=Nc2ccc(S(=O)(=O)O)cc2C)c(C)cc1N.[Na]. The molecule has 8 heteroatoms. The third-order valence-electron chi connectivity index (χ3n) is 3.32. The van der Waals surface area contributed by atoms with Gasteiger partial charge in [-0.15, -0.1) is 0 Å². The minimum atomic E-state index is -4.21. The number of hydrogen-bond acceptors (Lipinski definition) is 5. The van der Waals surface area contributed by atoms with Gasteiger partial charge in [-0.1, -0.05) is 0 Å². The zero-order valence-electron chi connectivity index (χ0n) is 13.5. The Labute approximate surface area is 157 Å². The summed E-state index contributed by atoms with van der Waals surface area (Å²) in [4.78, 5) is -0.163. The van der Waals surface area contributed by atoms with Crippen LogP contribution < -0.4 is 5.73 Å². The van der Waals surface area contributed by atoms with Crippen LogP contribution in [0.4, 0.5) is 17.1 Å². The van der Waals surface area contributed by atoms with Crippen molar-refractivity contribution < 1.29 is 13.0 Å². The smallest absolute Gasteiger partial charge is 0.294 e. The van der Waals surface area contributed by atoms with Crippen LogP contribution >= 0.6 is 0 Å². The van der Waals surface area contributed by atoms with E-state index in [-0.39, 0.29) is 34.5 Å². The Morgan fingerprint density at radius 3 is 2.04 bits per heavy atom. The topological polar surface area (TPSA) is 105 Å². The summed E-state index contributed by atoms with van der Waals surface area (Å²) >= 11 is 0. The van der Waals surface area contributed by atoms with E-state index in [1.807, 2.05) is 26.0 Å². The number of hydrogen-bond donors (Lipinski definition) is 2. The number of azo groups is 1. The first kappa shape index (κ1) is 19.8. The van der Waals surface area contributed by atoms with Crippen molar-refractivity contribution in [3.05, 3.63) is 47.0 Å². The van der Waals surface area contributed by atoms with Gasteiger partial charge >= 0.3 is 0 Å². The van der Waals surface area contributed by atoms with Gasteiger partial charge in [-0.3, -0.25) is 4.55 Å². The molecule has 0 fully saturated rings. The van der Waals surface area contributed by atoms with Crippen molar-refractivity contribution in [1.82, 2.24) is 0 Å². The zero-order valence-corrected chi connectivity index (χ0v) is 16.3. The molecule has 0 spiro atoms. The Balaban J connectivity index is 0.00000264. The van der Waals surface area contributed by atoms with E-state index in [4.69, 9.17) is 10.3 Å². The molecule has 0 unspecified atom stereocenters. The van der Waals surface area contributed by atoms with Crippen molar-refractivity contribution in [3.63, 3.8) is 0 Å². The Hall–Kier alpha value is -1.25. The predicted molar refractivity (Wildman–Crippen MR) is 91.3 cm³/mol. The van der Waals surface area contributed by atoms with Gasteiger partial charge < -0.3 is 5.73 Å². The Morgan fingerprint density at radius 2 is 1.48 bits per heavy atom. The first-order chi connectivity index (χ1) is 10.2. The van der Waals surface area contributed by atoms with E-state index in [0.717, 1.165) is 11.1 Å². The first-order valence-corrected chi connectivity index (χ1v) is 7.99. The van der Waals surface area contributed by atoms with Crippen molar-refractivity contribution in [3.8, 4) is 0 Å². The fraction of sp³-hybridized carbons (Fsp3) is 0.200. The molecule has 0 saturated heterocycles. The quantitative estimate of drug-likeness (QED) is 0.385. The van der Waals surface area contributed by atoms with E-state index >= 15 is 0 Å². The van der Waals surface area contributed by atoms with Gasteiger partial charge in [-0.05, 0) is 67.8 Å². The molecule has 2 aromatic carbocycles. The van der Waals surface area contributed by atoms with Crippen LogP contribution in [0, 0.1) is 20.8 Å². The number of anilines is 1. The Kier molecular flexibility index (Phi) is 6.49. The summed E-state index contributed by atoms with van der Waals surface area (Å²) < 4.78 is 31.2. The largest absolute Gasteiger partial charge is 0.399 e. The molecule has 0 bridgehead atoms. The van der Waals surface area contributed by atoms with Crippen molar-refractivity contribution >= 4 is 56.7 Å². The van der Waals surface area contributed by atoms with Crippen LogP contribution in [-0.2, 0) is 10.1 Å². The molecule has 2 rings (SSSR count). The standard InChI is InChI=1S/C15H17N3O3S.Na/c1-9-8-15(11(3)7-13(9)16)18-17-14-5-4-12(6-10(14)2)22(19,20)21;/h4-8H,16H2,1-3H3,(H,19,20,21);. The van der Waals surface area contributed by atoms with Gasteiger partial charge in [-0.2, -0.15) is 18.6 Å². The molecular weight excluding hydrogens is 325 g/mol. The molecule has 0 atom stereocenters. The van der Waals surface area contributed by atoms with E-state index in [1.54, 1.807) is 6.92 Å². The van der Waals surface area contributed by atoms with Crippen LogP contribution in [0.25, 0.3) is 0 Å². The molecule has 6 nitrogen and oxygen atoms in total. The van der Waals surface area contributed by atoms with Gasteiger partial charge in [0.25, 0.3) is 10.1 Å². The van der Waals surface area contributed by atoms with E-state index in [2.05, 4.69) is 10.2 Å². The number of benzene rings is 2.